The fourth-order valence-corrected chi connectivity index (χ4v) is 2.58. The summed E-state index contributed by atoms with van der Waals surface area (Å²) in [6.45, 7) is 0.726. The Morgan fingerprint density at radius 1 is 1.25 bits per heavy atom. The summed E-state index contributed by atoms with van der Waals surface area (Å²) in [6.07, 6.45) is 4.23. The molecule has 0 spiro atoms. The molecular formula is C13H14ClNO. The molecule has 2 unspecified atom stereocenters. The third kappa shape index (κ3) is 1.94. The molecule has 1 aliphatic heterocycles. The molecule has 2 nitrogen and oxygen atoms in total. The summed E-state index contributed by atoms with van der Waals surface area (Å²) >= 11 is 5.92. The minimum Gasteiger partial charge on any atom is -0.481 e. The number of hydrogen-bond donors (Lipinski definition) is 0. The van der Waals surface area contributed by atoms with Crippen LogP contribution in [0.4, 0.5) is 0 Å². The Kier molecular flexibility index (Phi) is 2.60. The van der Waals surface area contributed by atoms with Gasteiger partial charge < -0.3 is 4.74 Å². The summed E-state index contributed by atoms with van der Waals surface area (Å²) < 4.78 is 5.24. The second-order valence-electron chi connectivity index (χ2n) is 4.57. The minimum atomic E-state index is 0.300. The number of hydrogen-bond acceptors (Lipinski definition) is 2. The summed E-state index contributed by atoms with van der Waals surface area (Å²) in [5.41, 5.74) is 1.35. The third-order valence-corrected chi connectivity index (χ3v) is 3.65. The van der Waals surface area contributed by atoms with Crippen molar-refractivity contribution in [1.82, 2.24) is 0 Å². The fraction of sp³-hybridized carbons (Fsp3) is 0.462. The zero-order chi connectivity index (χ0) is 11.0. The average molecular weight is 236 g/mol. The Labute approximate surface area is 100 Å². The van der Waals surface area contributed by atoms with Crippen molar-refractivity contribution in [2.45, 2.75) is 24.8 Å². The van der Waals surface area contributed by atoms with Gasteiger partial charge in [-0.1, -0.05) is 23.7 Å². The highest BCUT2D eigenvalue weighted by molar-refractivity contribution is 6.30. The number of aliphatic imine (C=N–C) groups is 1. The zero-order valence-electron chi connectivity index (χ0n) is 8.97. The van der Waals surface area contributed by atoms with E-state index in [1.165, 1.54) is 18.4 Å². The first-order chi connectivity index (χ1) is 7.84. The first kappa shape index (κ1) is 10.2. The smallest absolute Gasteiger partial charge is 0.169 e. The minimum absolute atomic E-state index is 0.300. The highest BCUT2D eigenvalue weighted by Gasteiger charge is 2.38. The van der Waals surface area contributed by atoms with E-state index in [0.29, 0.717) is 12.0 Å². The number of ether oxygens (including phenoxy) is 1. The lowest BCUT2D eigenvalue weighted by Gasteiger charge is -2.20. The Morgan fingerprint density at radius 2 is 2.00 bits per heavy atom. The molecule has 1 aromatic rings. The normalized spacial score (nSPS) is 25.4. The molecule has 2 atom stereocenters. The highest BCUT2D eigenvalue weighted by atomic mass is 35.5. The first-order valence-electron chi connectivity index (χ1n) is 5.73. The summed E-state index contributed by atoms with van der Waals surface area (Å²) in [4.78, 5) is 4.42. The lowest BCUT2D eigenvalue weighted by Crippen LogP contribution is -2.20. The number of rotatable bonds is 3. The predicted molar refractivity (Wildman–Crippen MR) is 65.1 cm³/mol. The molecule has 0 aromatic heterocycles. The molecular weight excluding hydrogens is 222 g/mol. The molecule has 1 saturated carbocycles. The molecule has 3 rings (SSSR count). The van der Waals surface area contributed by atoms with E-state index in [2.05, 4.69) is 17.1 Å². The summed E-state index contributed by atoms with van der Waals surface area (Å²) in [7, 11) is 0. The molecule has 0 bridgehead atoms. The van der Waals surface area contributed by atoms with E-state index in [-0.39, 0.29) is 0 Å². The van der Waals surface area contributed by atoms with Crippen molar-refractivity contribution in [1.29, 1.82) is 0 Å². The van der Waals surface area contributed by atoms with E-state index >= 15 is 0 Å². The number of halogens is 1. The molecule has 1 aromatic carbocycles. The van der Waals surface area contributed by atoms with Gasteiger partial charge in [-0.25, -0.2) is 0 Å². The van der Waals surface area contributed by atoms with Gasteiger partial charge in [0.25, 0.3) is 0 Å². The molecule has 1 fully saturated rings. The third-order valence-electron chi connectivity index (χ3n) is 3.39. The predicted octanol–water partition coefficient (Wildman–Crippen LogP) is 3.26. The van der Waals surface area contributed by atoms with E-state index < -0.39 is 0 Å². The van der Waals surface area contributed by atoms with E-state index in [4.69, 9.17) is 16.3 Å². The molecule has 1 aliphatic carbocycles. The van der Waals surface area contributed by atoms with Crippen molar-refractivity contribution >= 4 is 18.0 Å². The van der Waals surface area contributed by atoms with Crippen LogP contribution in [-0.2, 0) is 4.74 Å². The van der Waals surface area contributed by atoms with Crippen molar-refractivity contribution in [2.75, 3.05) is 6.61 Å². The monoisotopic (exact) mass is 235 g/mol. The van der Waals surface area contributed by atoms with Crippen LogP contribution in [0.1, 0.15) is 24.3 Å². The molecule has 1 heterocycles. The van der Waals surface area contributed by atoms with E-state index in [9.17, 15) is 0 Å². The lowest BCUT2D eigenvalue weighted by molar-refractivity contribution is 0.302. The van der Waals surface area contributed by atoms with Crippen LogP contribution in [0.25, 0.3) is 0 Å². The Bertz CT molecular complexity index is 397. The fourth-order valence-electron chi connectivity index (χ4n) is 2.45. The van der Waals surface area contributed by atoms with E-state index in [1.807, 2.05) is 12.1 Å². The van der Waals surface area contributed by atoms with Crippen molar-refractivity contribution < 1.29 is 4.74 Å². The highest BCUT2D eigenvalue weighted by Crippen LogP contribution is 2.46. The van der Waals surface area contributed by atoms with Crippen LogP contribution in [0, 0.1) is 5.92 Å². The van der Waals surface area contributed by atoms with Crippen LogP contribution in [0.3, 0.4) is 0 Å². The maximum Gasteiger partial charge on any atom is 0.169 e. The summed E-state index contributed by atoms with van der Waals surface area (Å²) in [5, 5.41) is 0.796. The maximum absolute atomic E-state index is 5.92. The molecule has 3 heteroatoms. The quantitative estimate of drug-likeness (QED) is 0.788. The van der Waals surface area contributed by atoms with Gasteiger partial charge in [-0.3, -0.25) is 4.99 Å². The SMILES string of the molecule is Clc1ccc(C(C2CC2)C2COC=N2)cc1. The van der Waals surface area contributed by atoms with Gasteiger partial charge in [-0.05, 0) is 36.5 Å². The zero-order valence-corrected chi connectivity index (χ0v) is 9.73. The second kappa shape index (κ2) is 4.10. The van der Waals surface area contributed by atoms with Gasteiger partial charge in [0, 0.05) is 10.9 Å². The van der Waals surface area contributed by atoms with Crippen LogP contribution in [0.15, 0.2) is 29.3 Å². The van der Waals surface area contributed by atoms with E-state index in [1.54, 1.807) is 6.40 Å². The molecule has 0 amide bonds. The standard InChI is InChI=1S/C13H14ClNO/c14-11-5-3-10(4-6-11)13(9-1-2-9)12-7-16-8-15-12/h3-6,8-9,12-13H,1-2,7H2. The van der Waals surface area contributed by atoms with Crippen molar-refractivity contribution in [2.24, 2.45) is 10.9 Å². The van der Waals surface area contributed by atoms with Gasteiger partial charge in [-0.15, -0.1) is 0 Å². The van der Waals surface area contributed by atoms with Crippen LogP contribution in [0.2, 0.25) is 5.02 Å². The molecule has 0 saturated heterocycles. The van der Waals surface area contributed by atoms with Crippen LogP contribution in [0.5, 0.6) is 0 Å². The lowest BCUT2D eigenvalue weighted by atomic mass is 9.88. The summed E-state index contributed by atoms with van der Waals surface area (Å²) in [5.74, 6) is 1.29. The van der Waals surface area contributed by atoms with Gasteiger partial charge in [0.2, 0.25) is 0 Å². The molecule has 0 radical (unpaired) electrons. The summed E-state index contributed by atoms with van der Waals surface area (Å²) in [6, 6.07) is 8.48. The van der Waals surface area contributed by atoms with Crippen molar-refractivity contribution in [3.8, 4) is 0 Å². The molecule has 16 heavy (non-hydrogen) atoms. The second-order valence-corrected chi connectivity index (χ2v) is 5.01. The van der Waals surface area contributed by atoms with Gasteiger partial charge >= 0.3 is 0 Å². The van der Waals surface area contributed by atoms with Gasteiger partial charge in [0.15, 0.2) is 6.40 Å². The van der Waals surface area contributed by atoms with Gasteiger partial charge in [-0.2, -0.15) is 0 Å². The Hall–Kier alpha value is -1.02. The largest absolute Gasteiger partial charge is 0.481 e. The van der Waals surface area contributed by atoms with Gasteiger partial charge in [0.05, 0.1) is 6.04 Å². The topological polar surface area (TPSA) is 21.6 Å². The first-order valence-corrected chi connectivity index (χ1v) is 6.11. The molecule has 0 N–H and O–H groups in total. The Morgan fingerprint density at radius 3 is 2.56 bits per heavy atom. The van der Waals surface area contributed by atoms with E-state index in [0.717, 1.165) is 17.5 Å². The maximum atomic E-state index is 5.92. The van der Waals surface area contributed by atoms with Crippen LogP contribution < -0.4 is 0 Å². The van der Waals surface area contributed by atoms with Gasteiger partial charge in [0.1, 0.15) is 6.61 Å². The Balaban J connectivity index is 1.87. The van der Waals surface area contributed by atoms with Crippen LogP contribution in [-0.4, -0.2) is 19.0 Å². The molecule has 2 aliphatic rings. The number of nitrogens with zero attached hydrogens (tertiary/aromatic N) is 1. The van der Waals surface area contributed by atoms with Crippen molar-refractivity contribution in [3.63, 3.8) is 0 Å². The average Bonchev–Trinajstić information content (AvgIpc) is 2.97. The molecule has 84 valence electrons. The van der Waals surface area contributed by atoms with Crippen molar-refractivity contribution in [3.05, 3.63) is 34.9 Å². The van der Waals surface area contributed by atoms with Crippen LogP contribution >= 0.6 is 11.6 Å². The number of benzene rings is 1.